The van der Waals surface area contributed by atoms with E-state index in [9.17, 15) is 43.2 Å². The van der Waals surface area contributed by atoms with Crippen LogP contribution in [0.25, 0.3) is 0 Å². The van der Waals surface area contributed by atoms with Gasteiger partial charge in [-0.1, -0.05) is 375 Å². The van der Waals surface area contributed by atoms with E-state index < -0.39 is 97.5 Å². The normalized spacial score (nSPS) is 13.9. The molecule has 2 unspecified atom stereocenters. The van der Waals surface area contributed by atoms with E-state index in [1.54, 1.807) is 0 Å². The molecule has 3 N–H and O–H groups in total. The van der Waals surface area contributed by atoms with E-state index >= 15 is 0 Å². The zero-order valence-electron chi connectivity index (χ0n) is 65.5. The van der Waals surface area contributed by atoms with Crippen LogP contribution in [0.2, 0.25) is 0 Å². The van der Waals surface area contributed by atoms with Crippen molar-refractivity contribution in [3.8, 4) is 0 Å². The van der Waals surface area contributed by atoms with E-state index in [2.05, 4.69) is 41.5 Å². The van der Waals surface area contributed by atoms with Gasteiger partial charge in [-0.15, -0.1) is 0 Å². The highest BCUT2D eigenvalue weighted by Crippen LogP contribution is 2.45. The summed E-state index contributed by atoms with van der Waals surface area (Å²) in [6.07, 6.45) is 62.7. The summed E-state index contributed by atoms with van der Waals surface area (Å²) < 4.78 is 68.6. The van der Waals surface area contributed by atoms with Gasteiger partial charge < -0.3 is 33.8 Å². The molecule has 0 fully saturated rings. The first kappa shape index (κ1) is 98.1. The van der Waals surface area contributed by atoms with Crippen molar-refractivity contribution in [2.75, 3.05) is 39.6 Å². The number of hydrogen-bond donors (Lipinski definition) is 3. The Balaban J connectivity index is 5.20. The second-order valence-electron chi connectivity index (χ2n) is 30.1. The van der Waals surface area contributed by atoms with Crippen LogP contribution in [0, 0.1) is 11.8 Å². The highest BCUT2D eigenvalue weighted by atomic mass is 31.2. The quantitative estimate of drug-likeness (QED) is 0.0222. The second kappa shape index (κ2) is 72.6. The fraction of sp³-hybridized carbons (Fsp3) is 0.951. The van der Waals surface area contributed by atoms with Crippen molar-refractivity contribution in [3.05, 3.63) is 0 Å². The van der Waals surface area contributed by atoms with Crippen LogP contribution >= 0.6 is 15.6 Å². The van der Waals surface area contributed by atoms with E-state index in [1.807, 2.05) is 0 Å². The summed E-state index contributed by atoms with van der Waals surface area (Å²) in [7, 11) is -9.92. The zero-order valence-corrected chi connectivity index (χ0v) is 67.3. The van der Waals surface area contributed by atoms with Crippen molar-refractivity contribution in [1.29, 1.82) is 0 Å². The van der Waals surface area contributed by atoms with Gasteiger partial charge in [0.15, 0.2) is 12.2 Å². The molecule has 0 heterocycles. The van der Waals surface area contributed by atoms with Gasteiger partial charge in [0.2, 0.25) is 0 Å². The smallest absolute Gasteiger partial charge is 0.462 e. The fourth-order valence-electron chi connectivity index (χ4n) is 12.5. The highest BCUT2D eigenvalue weighted by molar-refractivity contribution is 7.47. The topological polar surface area (TPSA) is 237 Å². The highest BCUT2D eigenvalue weighted by Gasteiger charge is 2.30. The standard InChI is InChI=1S/C81H158O17P2/c1-7-9-11-13-15-17-19-21-22-23-24-25-26-31-34-38-42-46-54-60-66-81(86)97-76(69-91-78(83)63-57-51-44-40-37-33-30-28-27-29-32-35-39-43-49-55-61-73(3)4)71-95-99(87,88)93-67-75(82)68-94-100(89,90)96-72-77(70-92-79(84)64-58-52-48-47-50-56-62-74(5)6)98-80(85)65-59-53-45-41-36-20-18-16-14-12-10-8-2/h73-77,82H,7-72H2,1-6H3,(H,87,88)(H,89,90)/t75-,76-,77-/m1/s1. The van der Waals surface area contributed by atoms with E-state index in [1.165, 1.54) is 238 Å². The van der Waals surface area contributed by atoms with Crippen molar-refractivity contribution in [2.24, 2.45) is 11.8 Å². The third-order valence-corrected chi connectivity index (χ3v) is 20.9. The van der Waals surface area contributed by atoms with Crippen molar-refractivity contribution >= 4 is 39.5 Å². The monoisotopic (exact) mass is 1470 g/mol. The molecule has 0 aliphatic carbocycles. The molecule has 17 nitrogen and oxygen atoms in total. The average molecular weight is 1470 g/mol. The molecule has 0 aromatic carbocycles. The molecule has 5 atom stereocenters. The number of ether oxygens (including phenoxy) is 4. The number of rotatable bonds is 80. The molecule has 0 aromatic rings. The van der Waals surface area contributed by atoms with Crippen LogP contribution in [-0.2, 0) is 65.4 Å². The lowest BCUT2D eigenvalue weighted by atomic mass is 10.0. The third kappa shape index (κ3) is 74.3. The average Bonchev–Trinajstić information content (AvgIpc) is 0.931. The zero-order chi connectivity index (χ0) is 73.5. The number of hydrogen-bond acceptors (Lipinski definition) is 15. The molecular weight excluding hydrogens is 1310 g/mol. The Morgan fingerprint density at radius 2 is 0.460 bits per heavy atom. The number of carbonyl (C=O) groups is 4. The van der Waals surface area contributed by atoms with E-state index in [0.717, 1.165) is 102 Å². The van der Waals surface area contributed by atoms with Gasteiger partial charge in [0, 0.05) is 25.7 Å². The first-order valence-electron chi connectivity index (χ1n) is 42.0. The molecule has 0 saturated carbocycles. The second-order valence-corrected chi connectivity index (χ2v) is 33.0. The van der Waals surface area contributed by atoms with Crippen LogP contribution in [0.15, 0.2) is 0 Å². The fourth-order valence-corrected chi connectivity index (χ4v) is 14.1. The lowest BCUT2D eigenvalue weighted by molar-refractivity contribution is -0.161. The van der Waals surface area contributed by atoms with E-state index in [-0.39, 0.29) is 25.7 Å². The van der Waals surface area contributed by atoms with Crippen LogP contribution in [0.5, 0.6) is 0 Å². The minimum atomic E-state index is -4.96. The van der Waals surface area contributed by atoms with Gasteiger partial charge in [-0.2, -0.15) is 0 Å². The molecule has 100 heavy (non-hydrogen) atoms. The summed E-state index contributed by atoms with van der Waals surface area (Å²) in [6, 6.07) is 0. The summed E-state index contributed by atoms with van der Waals surface area (Å²) in [6.45, 7) is 9.58. The summed E-state index contributed by atoms with van der Waals surface area (Å²) in [5.41, 5.74) is 0. The van der Waals surface area contributed by atoms with Gasteiger partial charge in [-0.3, -0.25) is 37.3 Å². The summed E-state index contributed by atoms with van der Waals surface area (Å²) in [5.74, 6) is -0.619. The maximum absolute atomic E-state index is 13.1. The first-order valence-corrected chi connectivity index (χ1v) is 45.0. The maximum atomic E-state index is 13.1. The largest absolute Gasteiger partial charge is 0.472 e. The number of esters is 4. The number of unbranched alkanes of at least 4 members (excludes halogenated alkanes) is 50. The van der Waals surface area contributed by atoms with Crippen molar-refractivity contribution in [1.82, 2.24) is 0 Å². The van der Waals surface area contributed by atoms with Crippen molar-refractivity contribution in [2.45, 2.75) is 445 Å². The molecule has 0 saturated heterocycles. The van der Waals surface area contributed by atoms with Crippen LogP contribution in [0.1, 0.15) is 427 Å². The molecule has 594 valence electrons. The predicted molar refractivity (Wildman–Crippen MR) is 409 cm³/mol. The van der Waals surface area contributed by atoms with Crippen molar-refractivity contribution < 1.29 is 80.2 Å². The Bertz CT molecular complexity index is 1920. The Kier molecular flexibility index (Phi) is 71.2. The van der Waals surface area contributed by atoms with Gasteiger partial charge in [-0.25, -0.2) is 9.13 Å². The van der Waals surface area contributed by atoms with Crippen LogP contribution < -0.4 is 0 Å². The predicted octanol–water partition coefficient (Wildman–Crippen LogP) is 24.3. The molecule has 0 radical (unpaired) electrons. The molecule has 0 amide bonds. The molecule has 0 aromatic heterocycles. The number of carbonyl (C=O) groups excluding carboxylic acids is 4. The molecule has 0 bridgehead atoms. The van der Waals surface area contributed by atoms with Gasteiger partial charge in [0.05, 0.1) is 26.4 Å². The summed E-state index contributed by atoms with van der Waals surface area (Å²) in [5, 5.41) is 10.6. The molecular formula is C81H158O17P2. The van der Waals surface area contributed by atoms with Gasteiger partial charge in [0.1, 0.15) is 19.3 Å². The minimum Gasteiger partial charge on any atom is -0.462 e. The number of aliphatic hydroxyl groups is 1. The summed E-state index contributed by atoms with van der Waals surface area (Å²) in [4.78, 5) is 72.9. The van der Waals surface area contributed by atoms with E-state index in [4.69, 9.17) is 37.0 Å². The molecule has 0 rings (SSSR count). The first-order chi connectivity index (χ1) is 48.4. The third-order valence-electron chi connectivity index (χ3n) is 19.0. The Labute approximate surface area is 613 Å². The van der Waals surface area contributed by atoms with Crippen LogP contribution in [-0.4, -0.2) is 96.7 Å². The number of aliphatic hydroxyl groups excluding tert-OH is 1. The Hall–Kier alpha value is -1.94. The number of phosphoric ester groups is 2. The van der Waals surface area contributed by atoms with Crippen molar-refractivity contribution in [3.63, 3.8) is 0 Å². The van der Waals surface area contributed by atoms with Gasteiger partial charge in [0.25, 0.3) is 0 Å². The van der Waals surface area contributed by atoms with Crippen LogP contribution in [0.4, 0.5) is 0 Å². The lowest BCUT2D eigenvalue weighted by Crippen LogP contribution is -2.30. The van der Waals surface area contributed by atoms with Gasteiger partial charge >= 0.3 is 39.5 Å². The number of phosphoric acid groups is 2. The molecule has 0 aliphatic rings. The van der Waals surface area contributed by atoms with E-state index in [0.29, 0.717) is 31.6 Å². The Morgan fingerprint density at radius 3 is 0.680 bits per heavy atom. The minimum absolute atomic E-state index is 0.106. The molecule has 0 spiro atoms. The maximum Gasteiger partial charge on any atom is 0.472 e. The van der Waals surface area contributed by atoms with Gasteiger partial charge in [-0.05, 0) is 37.5 Å². The molecule has 0 aliphatic heterocycles. The SMILES string of the molecule is CCCCCCCCCCCCCCCCCCCCCCC(=O)O[C@H](COC(=O)CCCCCCCCCCCCCCCCCCC(C)C)COP(=O)(O)OC[C@@H](O)COP(=O)(O)OC[C@@H](COC(=O)CCCCCCCCC(C)C)OC(=O)CCCCCCCCCCCCCC. The lowest BCUT2D eigenvalue weighted by Gasteiger charge is -2.21. The summed E-state index contributed by atoms with van der Waals surface area (Å²) >= 11 is 0. The van der Waals surface area contributed by atoms with Crippen LogP contribution in [0.3, 0.4) is 0 Å². The molecule has 19 heteroatoms. The Morgan fingerprint density at radius 1 is 0.270 bits per heavy atom.